The lowest BCUT2D eigenvalue weighted by Gasteiger charge is -2.07. The van der Waals surface area contributed by atoms with Gasteiger partial charge in [0.05, 0.1) is 22.7 Å². The number of aryl methyl sites for hydroxylation is 1. The molecule has 7 nitrogen and oxygen atoms in total. The van der Waals surface area contributed by atoms with E-state index < -0.39 is 17.3 Å². The third kappa shape index (κ3) is 3.44. The largest absolute Gasteiger partial charge is 0.468 e. The number of esters is 1. The van der Waals surface area contributed by atoms with Gasteiger partial charge in [-0.25, -0.2) is 0 Å². The van der Waals surface area contributed by atoms with Crippen LogP contribution in [0.2, 0.25) is 5.02 Å². The second-order valence-electron chi connectivity index (χ2n) is 6.46. The molecule has 1 amide bonds. The quantitative estimate of drug-likeness (QED) is 0.451. The number of rotatable bonds is 3. The van der Waals surface area contributed by atoms with Crippen LogP contribution in [0.25, 0.3) is 21.2 Å². The Labute approximate surface area is 178 Å². The molecule has 30 heavy (non-hydrogen) atoms. The van der Waals surface area contributed by atoms with Crippen LogP contribution in [0.5, 0.6) is 0 Å². The first kappa shape index (κ1) is 20.1. The fourth-order valence-electron chi connectivity index (χ4n) is 3.11. The monoisotopic (exact) mass is 442 g/mol. The number of nitrogens with zero attached hydrogens (tertiary/aromatic N) is 2. The number of fused-ring (bicyclic) bond motifs is 2. The molecule has 2 aromatic carbocycles. The minimum absolute atomic E-state index is 0.157. The molecule has 2 aromatic heterocycles. The molecule has 0 aliphatic rings. The minimum atomic E-state index is -0.761. The fourth-order valence-corrected chi connectivity index (χ4v) is 4.35. The van der Waals surface area contributed by atoms with Gasteiger partial charge < -0.3 is 13.7 Å². The summed E-state index contributed by atoms with van der Waals surface area (Å²) in [6.07, 6.45) is 1.11. The van der Waals surface area contributed by atoms with Crippen LogP contribution in [0.15, 0.2) is 56.9 Å². The summed E-state index contributed by atoms with van der Waals surface area (Å²) in [7, 11) is 1.28. The van der Waals surface area contributed by atoms with Gasteiger partial charge in [-0.1, -0.05) is 35.1 Å². The number of carbonyl (C=O) groups excluding carboxylic acids is 2. The second kappa shape index (κ2) is 7.89. The smallest absolute Gasteiger partial charge is 0.325 e. The van der Waals surface area contributed by atoms with Crippen LogP contribution in [0, 0.1) is 6.92 Å². The van der Waals surface area contributed by atoms with Gasteiger partial charge >= 0.3 is 5.97 Å². The summed E-state index contributed by atoms with van der Waals surface area (Å²) in [5, 5.41) is 0.812. The van der Waals surface area contributed by atoms with Gasteiger partial charge in [-0.15, -0.1) is 0 Å². The summed E-state index contributed by atoms with van der Waals surface area (Å²) >= 11 is 7.45. The van der Waals surface area contributed by atoms with E-state index in [1.165, 1.54) is 18.4 Å². The summed E-state index contributed by atoms with van der Waals surface area (Å²) in [6, 6.07) is 10.2. The third-order valence-electron chi connectivity index (χ3n) is 4.65. The van der Waals surface area contributed by atoms with Crippen molar-refractivity contribution in [2.75, 3.05) is 7.11 Å². The zero-order valence-corrected chi connectivity index (χ0v) is 17.5. The zero-order valence-electron chi connectivity index (χ0n) is 16.0. The molecule has 4 rings (SSSR count). The minimum Gasteiger partial charge on any atom is -0.468 e. The molecular formula is C21H15ClN2O5S. The Kier molecular flexibility index (Phi) is 5.27. The Morgan fingerprint density at radius 1 is 1.23 bits per heavy atom. The van der Waals surface area contributed by atoms with Crippen molar-refractivity contribution in [2.45, 2.75) is 13.5 Å². The summed E-state index contributed by atoms with van der Waals surface area (Å²) in [4.78, 5) is 41.9. The van der Waals surface area contributed by atoms with Crippen molar-refractivity contribution in [1.82, 2.24) is 4.57 Å². The van der Waals surface area contributed by atoms with E-state index in [2.05, 4.69) is 4.99 Å². The Bertz CT molecular complexity index is 1450. The number of hydrogen-bond acceptors (Lipinski definition) is 6. The molecule has 0 N–H and O–H groups in total. The maximum atomic E-state index is 12.8. The van der Waals surface area contributed by atoms with Gasteiger partial charge in [-0.3, -0.25) is 14.4 Å². The highest BCUT2D eigenvalue weighted by molar-refractivity contribution is 7.16. The summed E-state index contributed by atoms with van der Waals surface area (Å²) in [6.45, 7) is 1.66. The average molecular weight is 443 g/mol. The van der Waals surface area contributed by atoms with Gasteiger partial charge in [0, 0.05) is 5.02 Å². The van der Waals surface area contributed by atoms with Crippen LogP contribution in [-0.4, -0.2) is 23.6 Å². The molecule has 9 heteroatoms. The molecule has 0 spiro atoms. The van der Waals surface area contributed by atoms with Crippen LogP contribution in [0.1, 0.15) is 15.9 Å². The lowest BCUT2D eigenvalue weighted by atomic mass is 10.1. The lowest BCUT2D eigenvalue weighted by Crippen LogP contribution is -2.24. The van der Waals surface area contributed by atoms with Gasteiger partial charge in [-0.2, -0.15) is 4.99 Å². The molecule has 0 aliphatic carbocycles. The molecule has 0 fully saturated rings. The number of aromatic nitrogens is 1. The summed E-state index contributed by atoms with van der Waals surface area (Å²) in [5.41, 5.74) is 1.14. The molecule has 0 radical (unpaired) electrons. The number of halogens is 1. The maximum absolute atomic E-state index is 12.8. The third-order valence-corrected chi connectivity index (χ3v) is 6.11. The predicted molar refractivity (Wildman–Crippen MR) is 114 cm³/mol. The molecular weight excluding hydrogens is 428 g/mol. The van der Waals surface area contributed by atoms with E-state index in [4.69, 9.17) is 20.8 Å². The first-order chi connectivity index (χ1) is 14.4. The molecule has 4 aromatic rings. The van der Waals surface area contributed by atoms with Crippen LogP contribution >= 0.6 is 22.9 Å². The average Bonchev–Trinajstić information content (AvgIpc) is 3.08. The summed E-state index contributed by atoms with van der Waals surface area (Å²) < 4.78 is 12.5. The fraction of sp³-hybridized carbons (Fsp3) is 0.143. The number of para-hydroxylation sites is 1. The normalized spacial score (nSPS) is 11.9. The number of benzene rings is 2. The van der Waals surface area contributed by atoms with E-state index in [0.717, 1.165) is 16.5 Å². The van der Waals surface area contributed by atoms with Crippen molar-refractivity contribution < 1.29 is 18.7 Å². The van der Waals surface area contributed by atoms with E-state index in [1.807, 2.05) is 6.92 Å². The van der Waals surface area contributed by atoms with Crippen molar-refractivity contribution in [3.63, 3.8) is 0 Å². The number of amides is 1. The maximum Gasteiger partial charge on any atom is 0.325 e. The van der Waals surface area contributed by atoms with E-state index in [9.17, 15) is 14.4 Å². The molecule has 0 saturated heterocycles. The number of carbonyl (C=O) groups is 2. The molecule has 0 aliphatic heterocycles. The van der Waals surface area contributed by atoms with Crippen molar-refractivity contribution in [3.05, 3.63) is 73.8 Å². The highest BCUT2D eigenvalue weighted by atomic mass is 35.5. The molecule has 152 valence electrons. The predicted octanol–water partition coefficient (Wildman–Crippen LogP) is 3.69. The standard InChI is InChI=1S/C21H15ClN2O5S/c1-11-14(22)7-8-16-18(11)24(9-17(25)28-2)21(30-16)23-20(27)13-10-29-15-6-4-3-5-12(15)19(13)26/h3-8,10H,9H2,1-2H3. The Hall–Kier alpha value is -3.23. The van der Waals surface area contributed by atoms with E-state index in [-0.39, 0.29) is 16.9 Å². The van der Waals surface area contributed by atoms with E-state index >= 15 is 0 Å². The number of hydrogen-bond donors (Lipinski definition) is 0. The van der Waals surface area contributed by atoms with Crippen molar-refractivity contribution in [1.29, 1.82) is 0 Å². The molecule has 0 saturated carbocycles. The van der Waals surface area contributed by atoms with Crippen molar-refractivity contribution >= 4 is 56.0 Å². The number of methoxy groups -OCH3 is 1. The second-order valence-corrected chi connectivity index (χ2v) is 7.87. The van der Waals surface area contributed by atoms with Gasteiger partial charge in [-0.05, 0) is 36.8 Å². The van der Waals surface area contributed by atoms with Gasteiger partial charge in [0.15, 0.2) is 4.80 Å². The number of ether oxygens (including phenoxy) is 1. The summed E-state index contributed by atoms with van der Waals surface area (Å²) in [5.74, 6) is -1.27. The Balaban J connectivity index is 1.92. The highest BCUT2D eigenvalue weighted by Crippen LogP contribution is 2.27. The van der Waals surface area contributed by atoms with Gasteiger partial charge in [0.1, 0.15) is 24.0 Å². The van der Waals surface area contributed by atoms with Crippen molar-refractivity contribution in [2.24, 2.45) is 4.99 Å². The van der Waals surface area contributed by atoms with Crippen LogP contribution < -0.4 is 10.2 Å². The van der Waals surface area contributed by atoms with Crippen LogP contribution in [0.3, 0.4) is 0 Å². The molecule has 0 atom stereocenters. The molecule has 2 heterocycles. The van der Waals surface area contributed by atoms with Gasteiger partial charge in [0.25, 0.3) is 5.91 Å². The first-order valence-electron chi connectivity index (χ1n) is 8.85. The van der Waals surface area contributed by atoms with Crippen LogP contribution in [-0.2, 0) is 16.1 Å². The zero-order chi connectivity index (χ0) is 21.4. The van der Waals surface area contributed by atoms with Gasteiger partial charge in [0.2, 0.25) is 5.43 Å². The number of thiazole rings is 1. The lowest BCUT2D eigenvalue weighted by molar-refractivity contribution is -0.141. The van der Waals surface area contributed by atoms with Crippen LogP contribution in [0.4, 0.5) is 0 Å². The Morgan fingerprint density at radius 2 is 2.00 bits per heavy atom. The Morgan fingerprint density at radius 3 is 2.77 bits per heavy atom. The first-order valence-corrected chi connectivity index (χ1v) is 10.0. The molecule has 0 unspecified atom stereocenters. The topological polar surface area (TPSA) is 90.9 Å². The van der Waals surface area contributed by atoms with Crippen molar-refractivity contribution in [3.8, 4) is 0 Å². The highest BCUT2D eigenvalue weighted by Gasteiger charge is 2.17. The SMILES string of the molecule is COC(=O)Cn1c(=NC(=O)c2coc3ccccc3c2=O)sc2ccc(Cl)c(C)c21. The van der Waals surface area contributed by atoms with E-state index in [1.54, 1.807) is 41.0 Å². The molecule has 0 bridgehead atoms. The van der Waals surface area contributed by atoms with E-state index in [0.29, 0.717) is 21.5 Å².